The molecule has 0 fully saturated rings. The summed E-state index contributed by atoms with van der Waals surface area (Å²) in [5.41, 5.74) is 0. The number of unbranched alkanes of at least 4 members (excludes halogenated alkanes) is 1. The number of thioether (sulfide) groups is 1. The van der Waals surface area contributed by atoms with Crippen LogP contribution < -0.4 is 0 Å². The number of esters is 1. The van der Waals surface area contributed by atoms with Gasteiger partial charge in [-0.3, -0.25) is 4.79 Å². The Morgan fingerprint density at radius 3 is 2.38 bits per heavy atom. The SMILES string of the molecule is CCCCC(SCCCC(F)CCC)C(=O)OCC(C)C. The lowest BCUT2D eigenvalue weighted by Gasteiger charge is -2.16. The second-order valence-electron chi connectivity index (χ2n) is 6.05. The van der Waals surface area contributed by atoms with Gasteiger partial charge >= 0.3 is 5.97 Å². The van der Waals surface area contributed by atoms with Crippen molar-refractivity contribution < 1.29 is 13.9 Å². The lowest BCUT2D eigenvalue weighted by Crippen LogP contribution is -2.22. The van der Waals surface area contributed by atoms with Crippen molar-refractivity contribution in [1.29, 1.82) is 0 Å². The fraction of sp³-hybridized carbons (Fsp3) is 0.941. The van der Waals surface area contributed by atoms with E-state index in [0.717, 1.165) is 37.9 Å². The maximum atomic E-state index is 13.4. The molecule has 0 aromatic rings. The Morgan fingerprint density at radius 2 is 1.81 bits per heavy atom. The molecule has 0 heterocycles. The van der Waals surface area contributed by atoms with E-state index in [1.165, 1.54) is 0 Å². The number of alkyl halides is 1. The van der Waals surface area contributed by atoms with Gasteiger partial charge in [-0.2, -0.15) is 0 Å². The monoisotopic (exact) mass is 320 g/mol. The Labute approximate surface area is 134 Å². The van der Waals surface area contributed by atoms with E-state index in [-0.39, 0.29) is 11.2 Å². The standard InChI is InChI=1S/C17H33FO2S/c1-5-7-11-16(17(19)20-13-14(3)4)21-12-8-10-15(18)9-6-2/h14-16H,5-13H2,1-4H3. The Bertz CT molecular complexity index is 259. The number of hydrogen-bond acceptors (Lipinski definition) is 3. The first kappa shape index (κ1) is 20.8. The molecule has 21 heavy (non-hydrogen) atoms. The molecule has 0 bridgehead atoms. The van der Waals surface area contributed by atoms with Crippen LogP contribution in [0.1, 0.15) is 72.6 Å². The summed E-state index contributed by atoms with van der Waals surface area (Å²) in [4.78, 5) is 12.1. The summed E-state index contributed by atoms with van der Waals surface area (Å²) in [5.74, 6) is 1.12. The van der Waals surface area contributed by atoms with Crippen LogP contribution in [0, 0.1) is 5.92 Å². The van der Waals surface area contributed by atoms with E-state index in [0.29, 0.717) is 25.4 Å². The summed E-state index contributed by atoms with van der Waals surface area (Å²) in [6, 6.07) is 0. The highest BCUT2D eigenvalue weighted by Gasteiger charge is 2.20. The number of carbonyl (C=O) groups is 1. The smallest absolute Gasteiger partial charge is 0.319 e. The maximum Gasteiger partial charge on any atom is 0.319 e. The predicted molar refractivity (Wildman–Crippen MR) is 90.6 cm³/mol. The highest BCUT2D eigenvalue weighted by molar-refractivity contribution is 8.00. The fourth-order valence-electron chi connectivity index (χ4n) is 1.99. The van der Waals surface area contributed by atoms with Crippen LogP contribution >= 0.6 is 11.8 Å². The summed E-state index contributed by atoms with van der Waals surface area (Å²) < 4.78 is 18.7. The van der Waals surface area contributed by atoms with Crippen LogP contribution in [0.4, 0.5) is 4.39 Å². The molecule has 4 heteroatoms. The number of halogens is 1. The molecule has 0 N–H and O–H groups in total. The van der Waals surface area contributed by atoms with Gasteiger partial charge in [0.25, 0.3) is 0 Å². The molecule has 0 aliphatic heterocycles. The van der Waals surface area contributed by atoms with E-state index in [4.69, 9.17) is 4.74 Å². The van der Waals surface area contributed by atoms with Crippen LogP contribution in [0.5, 0.6) is 0 Å². The summed E-state index contributed by atoms with van der Waals surface area (Å²) in [5, 5.41) is -0.0760. The van der Waals surface area contributed by atoms with Crippen molar-refractivity contribution in [3.63, 3.8) is 0 Å². The van der Waals surface area contributed by atoms with Crippen LogP contribution in [0.2, 0.25) is 0 Å². The van der Waals surface area contributed by atoms with Gasteiger partial charge in [0.2, 0.25) is 0 Å². The second-order valence-corrected chi connectivity index (χ2v) is 7.36. The highest BCUT2D eigenvalue weighted by Crippen LogP contribution is 2.22. The third-order valence-corrected chi connectivity index (χ3v) is 4.58. The van der Waals surface area contributed by atoms with E-state index >= 15 is 0 Å². The number of carbonyl (C=O) groups excluding carboxylic acids is 1. The molecular formula is C17H33FO2S. The third-order valence-electron chi connectivity index (χ3n) is 3.22. The van der Waals surface area contributed by atoms with Crippen molar-refractivity contribution in [1.82, 2.24) is 0 Å². The van der Waals surface area contributed by atoms with Crippen LogP contribution in [-0.2, 0) is 9.53 Å². The minimum atomic E-state index is -0.683. The van der Waals surface area contributed by atoms with Crippen molar-refractivity contribution in [2.24, 2.45) is 5.92 Å². The molecule has 2 atom stereocenters. The molecule has 0 amide bonds. The van der Waals surface area contributed by atoms with Gasteiger partial charge < -0.3 is 4.74 Å². The molecule has 0 radical (unpaired) electrons. The van der Waals surface area contributed by atoms with Crippen LogP contribution in [0.25, 0.3) is 0 Å². The van der Waals surface area contributed by atoms with E-state index in [2.05, 4.69) is 6.92 Å². The Hall–Kier alpha value is -0.250. The Morgan fingerprint density at radius 1 is 1.10 bits per heavy atom. The topological polar surface area (TPSA) is 26.3 Å². The van der Waals surface area contributed by atoms with Gasteiger partial charge in [0.15, 0.2) is 0 Å². The van der Waals surface area contributed by atoms with Gasteiger partial charge in [-0.1, -0.05) is 47.0 Å². The zero-order valence-corrected chi connectivity index (χ0v) is 15.0. The number of ether oxygens (including phenoxy) is 1. The number of hydrogen-bond donors (Lipinski definition) is 0. The van der Waals surface area contributed by atoms with E-state index in [1.54, 1.807) is 11.8 Å². The molecule has 0 saturated heterocycles. The van der Waals surface area contributed by atoms with Gasteiger partial charge in [0.1, 0.15) is 11.4 Å². The summed E-state index contributed by atoms with van der Waals surface area (Å²) in [7, 11) is 0. The zero-order chi connectivity index (χ0) is 16.1. The summed E-state index contributed by atoms with van der Waals surface area (Å²) >= 11 is 1.64. The first-order valence-electron chi connectivity index (χ1n) is 8.43. The summed E-state index contributed by atoms with van der Waals surface area (Å²) in [6.07, 6.45) is 5.31. The summed E-state index contributed by atoms with van der Waals surface area (Å²) in [6.45, 7) is 8.70. The first-order chi connectivity index (χ1) is 10.0. The van der Waals surface area contributed by atoms with E-state index < -0.39 is 6.17 Å². The van der Waals surface area contributed by atoms with Crippen LogP contribution in [0.15, 0.2) is 0 Å². The minimum Gasteiger partial charge on any atom is -0.465 e. The molecule has 0 aromatic heterocycles. The van der Waals surface area contributed by atoms with E-state index in [9.17, 15) is 9.18 Å². The van der Waals surface area contributed by atoms with Crippen LogP contribution in [-0.4, -0.2) is 29.8 Å². The molecular weight excluding hydrogens is 287 g/mol. The Balaban J connectivity index is 4.02. The van der Waals surface area contributed by atoms with Crippen LogP contribution in [0.3, 0.4) is 0 Å². The molecule has 0 rings (SSSR count). The van der Waals surface area contributed by atoms with Crippen molar-refractivity contribution >= 4 is 17.7 Å². The fourth-order valence-corrected chi connectivity index (χ4v) is 3.14. The van der Waals surface area contributed by atoms with Gasteiger partial charge in [0.05, 0.1) is 6.61 Å². The molecule has 2 unspecified atom stereocenters. The Kier molecular flexibility index (Phi) is 13.3. The average Bonchev–Trinajstić information content (AvgIpc) is 2.44. The van der Waals surface area contributed by atoms with Gasteiger partial charge in [-0.15, -0.1) is 11.8 Å². The molecule has 126 valence electrons. The minimum absolute atomic E-state index is 0.0760. The lowest BCUT2D eigenvalue weighted by molar-refractivity contribution is -0.144. The maximum absolute atomic E-state index is 13.4. The van der Waals surface area contributed by atoms with Crippen molar-refractivity contribution in [3.8, 4) is 0 Å². The highest BCUT2D eigenvalue weighted by atomic mass is 32.2. The number of rotatable bonds is 13. The van der Waals surface area contributed by atoms with Crippen molar-refractivity contribution in [2.45, 2.75) is 84.1 Å². The van der Waals surface area contributed by atoms with Crippen molar-refractivity contribution in [2.75, 3.05) is 12.4 Å². The molecule has 0 aromatic carbocycles. The third kappa shape index (κ3) is 12.0. The molecule has 2 nitrogen and oxygen atoms in total. The van der Waals surface area contributed by atoms with Crippen molar-refractivity contribution in [3.05, 3.63) is 0 Å². The molecule has 0 aliphatic rings. The van der Waals surface area contributed by atoms with Gasteiger partial charge in [-0.25, -0.2) is 4.39 Å². The van der Waals surface area contributed by atoms with E-state index in [1.807, 2.05) is 20.8 Å². The largest absolute Gasteiger partial charge is 0.465 e. The zero-order valence-electron chi connectivity index (χ0n) is 14.2. The normalized spacial score (nSPS) is 14.2. The average molecular weight is 321 g/mol. The molecule has 0 spiro atoms. The lowest BCUT2D eigenvalue weighted by atomic mass is 10.1. The predicted octanol–water partition coefficient (Wildman–Crippen LogP) is 5.40. The molecule has 0 aliphatic carbocycles. The van der Waals surface area contributed by atoms with Gasteiger partial charge in [0, 0.05) is 0 Å². The molecule has 0 saturated carbocycles. The van der Waals surface area contributed by atoms with Gasteiger partial charge in [-0.05, 0) is 37.4 Å². The first-order valence-corrected chi connectivity index (χ1v) is 9.48. The quantitative estimate of drug-likeness (QED) is 0.336. The second kappa shape index (κ2) is 13.4.